The smallest absolute Gasteiger partial charge is 0.324 e. The molecule has 8 nitrogen and oxygen atoms in total. The van der Waals surface area contributed by atoms with Crippen molar-refractivity contribution < 1.29 is 17.9 Å². The molecule has 1 fully saturated rings. The second-order valence-electron chi connectivity index (χ2n) is 6.82. The van der Waals surface area contributed by atoms with Crippen molar-refractivity contribution in [1.29, 1.82) is 0 Å². The SMILES string of the molecule is CC(C)C(NS(=O)(=O)NN1CCN(C)CC1)C(=O)OCc1ccccc1. The molecule has 1 aromatic carbocycles. The number of piperazine rings is 1. The number of nitrogens with one attached hydrogen (secondary N) is 2. The molecule has 9 heteroatoms. The van der Waals surface area contributed by atoms with Crippen LogP contribution in [0.5, 0.6) is 0 Å². The maximum atomic E-state index is 12.4. The quantitative estimate of drug-likeness (QED) is 0.628. The van der Waals surface area contributed by atoms with E-state index in [4.69, 9.17) is 4.74 Å². The van der Waals surface area contributed by atoms with Crippen molar-refractivity contribution >= 4 is 16.2 Å². The van der Waals surface area contributed by atoms with Crippen molar-refractivity contribution in [3.63, 3.8) is 0 Å². The van der Waals surface area contributed by atoms with E-state index >= 15 is 0 Å². The number of likely N-dealkylation sites (N-methyl/N-ethyl adjacent to an activating group) is 1. The highest BCUT2D eigenvalue weighted by atomic mass is 32.2. The van der Waals surface area contributed by atoms with E-state index in [1.807, 2.05) is 37.4 Å². The van der Waals surface area contributed by atoms with E-state index in [2.05, 4.69) is 14.5 Å². The minimum Gasteiger partial charge on any atom is -0.460 e. The lowest BCUT2D eigenvalue weighted by atomic mass is 10.1. The molecule has 146 valence electrons. The van der Waals surface area contributed by atoms with E-state index in [9.17, 15) is 13.2 Å². The summed E-state index contributed by atoms with van der Waals surface area (Å²) in [5.41, 5.74) is 0.849. The van der Waals surface area contributed by atoms with Crippen molar-refractivity contribution in [3.8, 4) is 0 Å². The second-order valence-corrected chi connectivity index (χ2v) is 8.24. The number of hydrogen-bond acceptors (Lipinski definition) is 6. The lowest BCUT2D eigenvalue weighted by Gasteiger charge is -2.32. The van der Waals surface area contributed by atoms with Crippen LogP contribution in [0, 0.1) is 5.92 Å². The van der Waals surface area contributed by atoms with E-state index in [-0.39, 0.29) is 12.5 Å². The van der Waals surface area contributed by atoms with E-state index < -0.39 is 22.2 Å². The van der Waals surface area contributed by atoms with Gasteiger partial charge >= 0.3 is 5.97 Å². The number of esters is 1. The Morgan fingerprint density at radius 2 is 1.77 bits per heavy atom. The highest BCUT2D eigenvalue weighted by molar-refractivity contribution is 7.87. The summed E-state index contributed by atoms with van der Waals surface area (Å²) in [6.45, 7) is 6.37. The van der Waals surface area contributed by atoms with Gasteiger partial charge in [-0.2, -0.15) is 13.1 Å². The predicted molar refractivity (Wildman–Crippen MR) is 99.1 cm³/mol. The van der Waals surface area contributed by atoms with Crippen LogP contribution >= 0.6 is 0 Å². The van der Waals surface area contributed by atoms with Crippen LogP contribution in [0.15, 0.2) is 30.3 Å². The summed E-state index contributed by atoms with van der Waals surface area (Å²) in [7, 11) is -1.88. The van der Waals surface area contributed by atoms with Crippen molar-refractivity contribution in [1.82, 2.24) is 19.5 Å². The Balaban J connectivity index is 1.92. The Kier molecular flexibility index (Phi) is 7.54. The molecule has 1 heterocycles. The minimum atomic E-state index is -3.86. The van der Waals surface area contributed by atoms with Gasteiger partial charge in [0.1, 0.15) is 12.6 Å². The number of hydrazine groups is 1. The van der Waals surface area contributed by atoms with Crippen LogP contribution in [0.25, 0.3) is 0 Å². The Morgan fingerprint density at radius 1 is 1.15 bits per heavy atom. The van der Waals surface area contributed by atoms with Crippen LogP contribution in [0.1, 0.15) is 19.4 Å². The first-order valence-electron chi connectivity index (χ1n) is 8.70. The summed E-state index contributed by atoms with van der Waals surface area (Å²) in [5.74, 6) is -0.838. The van der Waals surface area contributed by atoms with Gasteiger partial charge in [-0.05, 0) is 18.5 Å². The molecule has 1 atom stereocenters. The molecule has 0 radical (unpaired) electrons. The van der Waals surface area contributed by atoms with Gasteiger partial charge in [0.15, 0.2) is 0 Å². The van der Waals surface area contributed by atoms with Crippen molar-refractivity contribution in [2.75, 3.05) is 33.2 Å². The van der Waals surface area contributed by atoms with Gasteiger partial charge in [0.2, 0.25) is 0 Å². The third-order valence-electron chi connectivity index (χ3n) is 4.18. The zero-order chi connectivity index (χ0) is 19.2. The molecule has 0 saturated carbocycles. The summed E-state index contributed by atoms with van der Waals surface area (Å²) in [6, 6.07) is 8.31. The summed E-state index contributed by atoms with van der Waals surface area (Å²) in [5, 5.41) is 1.63. The first kappa shape index (κ1) is 20.8. The van der Waals surface area contributed by atoms with Crippen LogP contribution in [-0.2, 0) is 26.3 Å². The van der Waals surface area contributed by atoms with Crippen LogP contribution in [0.2, 0.25) is 0 Å². The molecule has 0 aliphatic carbocycles. The molecule has 1 unspecified atom stereocenters. The van der Waals surface area contributed by atoms with Gasteiger partial charge in [-0.25, -0.2) is 5.01 Å². The standard InChI is InChI=1S/C17H28N4O4S/c1-14(2)16(17(22)25-13-15-7-5-4-6-8-15)18-26(23,24)19-21-11-9-20(3)10-12-21/h4-8,14,16,18-19H,9-13H2,1-3H3. The van der Waals surface area contributed by atoms with Gasteiger partial charge < -0.3 is 9.64 Å². The average molecular weight is 385 g/mol. The Labute approximate surface area is 155 Å². The fourth-order valence-electron chi connectivity index (χ4n) is 2.54. The molecule has 0 spiro atoms. The number of carbonyl (C=O) groups is 1. The highest BCUT2D eigenvalue weighted by Crippen LogP contribution is 2.09. The molecule has 0 amide bonds. The first-order chi connectivity index (χ1) is 12.3. The Hall–Kier alpha value is -1.52. The number of hydrogen-bond donors (Lipinski definition) is 2. The van der Waals surface area contributed by atoms with E-state index in [1.54, 1.807) is 18.9 Å². The van der Waals surface area contributed by atoms with Crippen molar-refractivity contribution in [3.05, 3.63) is 35.9 Å². The predicted octanol–water partition coefficient (Wildman–Crippen LogP) is 0.341. The average Bonchev–Trinajstić information content (AvgIpc) is 2.60. The minimum absolute atomic E-state index is 0.108. The van der Waals surface area contributed by atoms with Crippen LogP contribution in [0.4, 0.5) is 0 Å². The molecule has 1 aliphatic heterocycles. The van der Waals surface area contributed by atoms with Gasteiger partial charge in [-0.1, -0.05) is 44.2 Å². The topological polar surface area (TPSA) is 91.0 Å². The van der Waals surface area contributed by atoms with Gasteiger partial charge in [-0.15, -0.1) is 4.83 Å². The maximum absolute atomic E-state index is 12.4. The maximum Gasteiger partial charge on any atom is 0.324 e. The summed E-state index contributed by atoms with van der Waals surface area (Å²) >= 11 is 0. The molecule has 2 rings (SSSR count). The molecule has 0 aromatic heterocycles. The number of ether oxygens (including phenoxy) is 1. The molecule has 1 aromatic rings. The number of carbonyl (C=O) groups excluding carboxylic acids is 1. The molecule has 26 heavy (non-hydrogen) atoms. The van der Waals surface area contributed by atoms with E-state index in [1.165, 1.54) is 0 Å². The molecule has 1 saturated heterocycles. The number of rotatable bonds is 8. The molecular formula is C17H28N4O4S. The lowest BCUT2D eigenvalue weighted by Crippen LogP contribution is -2.57. The number of benzene rings is 1. The Bertz CT molecular complexity index is 673. The molecular weight excluding hydrogens is 356 g/mol. The normalized spacial score (nSPS) is 18.0. The molecule has 1 aliphatic rings. The monoisotopic (exact) mass is 384 g/mol. The van der Waals surface area contributed by atoms with Crippen LogP contribution in [-0.4, -0.2) is 63.6 Å². The van der Waals surface area contributed by atoms with Gasteiger partial charge in [-0.3, -0.25) is 4.79 Å². The number of nitrogens with zero attached hydrogens (tertiary/aromatic N) is 2. The van der Waals surface area contributed by atoms with Gasteiger partial charge in [0.05, 0.1) is 0 Å². The fraction of sp³-hybridized carbons (Fsp3) is 0.588. The zero-order valence-electron chi connectivity index (χ0n) is 15.5. The van der Waals surface area contributed by atoms with Crippen molar-refractivity contribution in [2.24, 2.45) is 5.92 Å². The first-order valence-corrected chi connectivity index (χ1v) is 10.2. The van der Waals surface area contributed by atoms with Gasteiger partial charge in [0, 0.05) is 26.2 Å². The molecule has 2 N–H and O–H groups in total. The fourth-order valence-corrected chi connectivity index (χ4v) is 3.81. The Morgan fingerprint density at radius 3 is 2.35 bits per heavy atom. The zero-order valence-corrected chi connectivity index (χ0v) is 16.3. The highest BCUT2D eigenvalue weighted by Gasteiger charge is 2.30. The van der Waals surface area contributed by atoms with E-state index in [0.29, 0.717) is 13.1 Å². The summed E-state index contributed by atoms with van der Waals surface area (Å²) in [4.78, 5) is 17.0. The summed E-state index contributed by atoms with van der Waals surface area (Å²) < 4.78 is 32.5. The van der Waals surface area contributed by atoms with Crippen LogP contribution in [0.3, 0.4) is 0 Å². The third kappa shape index (κ3) is 6.65. The largest absolute Gasteiger partial charge is 0.460 e. The van der Waals surface area contributed by atoms with E-state index in [0.717, 1.165) is 18.7 Å². The van der Waals surface area contributed by atoms with Crippen LogP contribution < -0.4 is 9.55 Å². The third-order valence-corrected chi connectivity index (χ3v) is 5.24. The lowest BCUT2D eigenvalue weighted by molar-refractivity contribution is -0.148. The van der Waals surface area contributed by atoms with Crippen molar-refractivity contribution in [2.45, 2.75) is 26.5 Å². The summed E-state index contributed by atoms with van der Waals surface area (Å²) in [6.07, 6.45) is 0. The second kappa shape index (κ2) is 9.43. The van der Waals surface area contributed by atoms with Gasteiger partial charge in [0.25, 0.3) is 10.2 Å². The molecule has 0 bridgehead atoms.